The van der Waals surface area contributed by atoms with Crippen molar-refractivity contribution < 1.29 is 29.3 Å². The highest BCUT2D eigenvalue weighted by atomic mass is 16.6. The van der Waals surface area contributed by atoms with Crippen LogP contribution >= 0.6 is 0 Å². The van der Waals surface area contributed by atoms with Crippen molar-refractivity contribution in [1.82, 2.24) is 10.2 Å². The number of carbonyl (C=O) groups is 3. The van der Waals surface area contributed by atoms with E-state index in [1.165, 1.54) is 4.90 Å². The van der Waals surface area contributed by atoms with Crippen LogP contribution in [0.15, 0.2) is 30.3 Å². The average molecular weight is 392 g/mol. The lowest BCUT2D eigenvalue weighted by molar-refractivity contribution is -0.143. The minimum Gasteiger partial charge on any atom is -0.481 e. The molecule has 2 atom stereocenters. The second-order valence-electron chi connectivity index (χ2n) is 7.05. The van der Waals surface area contributed by atoms with Gasteiger partial charge in [-0.1, -0.05) is 30.3 Å². The number of nitrogens with one attached hydrogen (secondary N) is 1. The quantitative estimate of drug-likeness (QED) is 0.719. The summed E-state index contributed by atoms with van der Waals surface area (Å²) < 4.78 is 5.19. The fraction of sp³-hybridized carbons (Fsp3) is 0.550. The van der Waals surface area contributed by atoms with Gasteiger partial charge >= 0.3 is 18.0 Å². The van der Waals surface area contributed by atoms with Crippen molar-refractivity contribution in [2.24, 2.45) is 11.8 Å². The van der Waals surface area contributed by atoms with E-state index in [4.69, 9.17) is 14.9 Å². The van der Waals surface area contributed by atoms with Crippen LogP contribution in [0.2, 0.25) is 0 Å². The van der Waals surface area contributed by atoms with E-state index in [9.17, 15) is 14.4 Å². The summed E-state index contributed by atoms with van der Waals surface area (Å²) in [7, 11) is 0. The molecular weight excluding hydrogens is 364 g/mol. The molecule has 1 aromatic carbocycles. The summed E-state index contributed by atoms with van der Waals surface area (Å²) in [5.41, 5.74) is 0.919. The summed E-state index contributed by atoms with van der Waals surface area (Å²) in [4.78, 5) is 34.6. The number of benzene rings is 1. The molecule has 2 heterocycles. The van der Waals surface area contributed by atoms with E-state index in [1.54, 1.807) is 0 Å². The van der Waals surface area contributed by atoms with Crippen molar-refractivity contribution in [1.29, 1.82) is 0 Å². The zero-order chi connectivity index (χ0) is 20.4. The number of carbonyl (C=O) groups excluding carboxylic acids is 1. The highest BCUT2D eigenvalue weighted by molar-refractivity contribution is 5.73. The number of carboxylic acids is 2. The summed E-state index contributed by atoms with van der Waals surface area (Å²) in [6.07, 6.45) is 2.73. The molecule has 0 radical (unpaired) electrons. The number of piperidine rings is 2. The van der Waals surface area contributed by atoms with Crippen LogP contribution in [0.4, 0.5) is 4.79 Å². The maximum absolute atomic E-state index is 11.9. The number of carboxylic acid groups (broad SMARTS) is 2. The second-order valence-corrected chi connectivity index (χ2v) is 7.05. The first-order valence-corrected chi connectivity index (χ1v) is 9.59. The number of likely N-dealkylation sites (tertiary alicyclic amines) is 1. The summed E-state index contributed by atoms with van der Waals surface area (Å²) in [6, 6.07) is 9.41. The summed E-state index contributed by atoms with van der Waals surface area (Å²) in [5, 5.41) is 20.5. The molecule has 0 saturated carbocycles. The van der Waals surface area contributed by atoms with Crippen LogP contribution in [0.1, 0.15) is 31.2 Å². The van der Waals surface area contributed by atoms with E-state index in [2.05, 4.69) is 5.32 Å². The SMILES string of the molecule is O=C(O)[C@H]1CCCN(C(=O)OCc2ccccc2)C1.O=C(O)[C@H]1CCCNC1. The molecule has 3 N–H and O–H groups in total. The first-order valence-electron chi connectivity index (χ1n) is 9.59. The highest BCUT2D eigenvalue weighted by Gasteiger charge is 2.28. The van der Waals surface area contributed by atoms with Crippen molar-refractivity contribution in [3.63, 3.8) is 0 Å². The molecule has 154 valence electrons. The highest BCUT2D eigenvalue weighted by Crippen LogP contribution is 2.17. The molecule has 2 aliphatic rings. The van der Waals surface area contributed by atoms with Crippen molar-refractivity contribution in [2.45, 2.75) is 32.3 Å². The zero-order valence-corrected chi connectivity index (χ0v) is 15.9. The van der Waals surface area contributed by atoms with Crippen LogP contribution in [-0.2, 0) is 20.9 Å². The molecule has 0 bridgehead atoms. The van der Waals surface area contributed by atoms with Gasteiger partial charge < -0.3 is 25.2 Å². The van der Waals surface area contributed by atoms with E-state index in [-0.39, 0.29) is 19.1 Å². The first-order chi connectivity index (χ1) is 13.5. The van der Waals surface area contributed by atoms with Crippen LogP contribution in [0, 0.1) is 11.8 Å². The van der Waals surface area contributed by atoms with Crippen molar-refractivity contribution >= 4 is 18.0 Å². The van der Waals surface area contributed by atoms with Gasteiger partial charge in [-0.2, -0.15) is 0 Å². The third kappa shape index (κ3) is 7.19. The van der Waals surface area contributed by atoms with Crippen molar-refractivity contribution in [3.8, 4) is 0 Å². The minimum absolute atomic E-state index is 0.140. The number of rotatable bonds is 4. The van der Waals surface area contributed by atoms with Crippen LogP contribution in [0.5, 0.6) is 0 Å². The number of aliphatic carboxylic acids is 2. The van der Waals surface area contributed by atoms with Crippen LogP contribution in [0.25, 0.3) is 0 Å². The van der Waals surface area contributed by atoms with Crippen LogP contribution in [0.3, 0.4) is 0 Å². The Kier molecular flexibility index (Phi) is 8.74. The molecular formula is C20H28N2O6. The predicted octanol–water partition coefficient (Wildman–Crippen LogP) is 2.19. The van der Waals surface area contributed by atoms with E-state index in [1.807, 2.05) is 30.3 Å². The number of nitrogens with zero attached hydrogens (tertiary/aromatic N) is 1. The third-order valence-corrected chi connectivity index (χ3v) is 4.88. The Balaban J connectivity index is 0.000000261. The van der Waals surface area contributed by atoms with E-state index in [0.717, 1.165) is 24.9 Å². The van der Waals surface area contributed by atoms with E-state index in [0.29, 0.717) is 25.9 Å². The summed E-state index contributed by atoms with van der Waals surface area (Å²) >= 11 is 0. The molecule has 2 saturated heterocycles. The topological polar surface area (TPSA) is 116 Å². The Morgan fingerprint density at radius 1 is 1.04 bits per heavy atom. The fourth-order valence-electron chi connectivity index (χ4n) is 3.22. The summed E-state index contributed by atoms with van der Waals surface area (Å²) in [5.74, 6) is -2.13. The maximum atomic E-state index is 11.9. The predicted molar refractivity (Wildman–Crippen MR) is 102 cm³/mol. The van der Waals surface area contributed by atoms with Crippen molar-refractivity contribution in [3.05, 3.63) is 35.9 Å². The lowest BCUT2D eigenvalue weighted by Crippen LogP contribution is -2.42. The molecule has 2 fully saturated rings. The molecule has 3 rings (SSSR count). The van der Waals surface area contributed by atoms with Gasteiger partial charge in [0.05, 0.1) is 11.8 Å². The number of amides is 1. The Morgan fingerprint density at radius 3 is 2.29 bits per heavy atom. The largest absolute Gasteiger partial charge is 0.481 e. The van der Waals surface area contributed by atoms with Gasteiger partial charge in [0, 0.05) is 19.6 Å². The standard InChI is InChI=1S/C14H17NO4.C6H11NO2/c16-13(17)12-7-4-8-15(9-12)14(18)19-10-11-5-2-1-3-6-11;8-6(9)5-2-1-3-7-4-5/h1-3,5-6,12H,4,7-10H2,(H,16,17);5,7H,1-4H2,(H,8,9)/t12-;5-/m00/s1. The molecule has 8 heteroatoms. The first kappa shape index (κ1) is 21.7. The van der Waals surface area contributed by atoms with E-state index >= 15 is 0 Å². The van der Waals surface area contributed by atoms with E-state index < -0.39 is 23.9 Å². The lowest BCUT2D eigenvalue weighted by Gasteiger charge is -2.29. The molecule has 2 aliphatic heterocycles. The van der Waals surface area contributed by atoms with Gasteiger partial charge in [0.2, 0.25) is 0 Å². The normalized spacial score (nSPS) is 21.8. The molecule has 0 aliphatic carbocycles. The van der Waals surface area contributed by atoms with Gasteiger partial charge in [0.15, 0.2) is 0 Å². The second kappa shape index (κ2) is 11.3. The Hall–Kier alpha value is -2.61. The minimum atomic E-state index is -0.847. The molecule has 0 spiro atoms. The van der Waals surface area contributed by atoms with Crippen LogP contribution in [-0.4, -0.2) is 59.3 Å². The molecule has 0 aromatic heterocycles. The van der Waals surface area contributed by atoms with Gasteiger partial charge in [0.25, 0.3) is 0 Å². The van der Waals surface area contributed by atoms with Gasteiger partial charge in [-0.05, 0) is 37.8 Å². The van der Waals surface area contributed by atoms with Gasteiger partial charge in [0.1, 0.15) is 6.61 Å². The third-order valence-electron chi connectivity index (χ3n) is 4.88. The average Bonchev–Trinajstić information content (AvgIpc) is 2.74. The molecule has 8 nitrogen and oxygen atoms in total. The molecule has 28 heavy (non-hydrogen) atoms. The molecule has 1 aromatic rings. The Morgan fingerprint density at radius 2 is 1.71 bits per heavy atom. The smallest absolute Gasteiger partial charge is 0.410 e. The van der Waals surface area contributed by atoms with Gasteiger partial charge in [-0.15, -0.1) is 0 Å². The number of hydrogen-bond acceptors (Lipinski definition) is 5. The number of ether oxygens (including phenoxy) is 1. The Labute approximate surface area is 164 Å². The fourth-order valence-corrected chi connectivity index (χ4v) is 3.22. The molecule has 1 amide bonds. The van der Waals surface area contributed by atoms with Gasteiger partial charge in [-0.3, -0.25) is 9.59 Å². The molecule has 0 unspecified atom stereocenters. The van der Waals surface area contributed by atoms with Gasteiger partial charge in [-0.25, -0.2) is 4.79 Å². The summed E-state index contributed by atoms with van der Waals surface area (Å²) in [6.45, 7) is 2.65. The number of hydrogen-bond donors (Lipinski definition) is 3. The maximum Gasteiger partial charge on any atom is 0.410 e. The monoisotopic (exact) mass is 392 g/mol. The Bertz CT molecular complexity index is 645. The van der Waals surface area contributed by atoms with Crippen molar-refractivity contribution in [2.75, 3.05) is 26.2 Å². The lowest BCUT2D eigenvalue weighted by atomic mass is 9.99. The zero-order valence-electron chi connectivity index (χ0n) is 15.9. The van der Waals surface area contributed by atoms with Crippen LogP contribution < -0.4 is 5.32 Å².